The molecule has 0 saturated carbocycles. The number of aliphatic hydroxyl groups is 1. The molecule has 2 aromatic rings. The first-order valence-electron chi connectivity index (χ1n) is 10.7. The van der Waals surface area contributed by atoms with Gasteiger partial charge in [-0.05, 0) is 56.4 Å². The zero-order chi connectivity index (χ0) is 24.2. The number of sulfonamides is 1. The third-order valence-corrected chi connectivity index (χ3v) is 7.09. The van der Waals surface area contributed by atoms with Gasteiger partial charge in [0.1, 0.15) is 17.6 Å². The number of carbonyl (C=O) groups excluding carboxylic acids is 1. The summed E-state index contributed by atoms with van der Waals surface area (Å²) in [7, 11) is -0.556. The molecule has 33 heavy (non-hydrogen) atoms. The lowest BCUT2D eigenvalue weighted by Gasteiger charge is -2.37. The summed E-state index contributed by atoms with van der Waals surface area (Å²) in [5, 5.41) is 12.8. The number of likely N-dealkylation sites (N-methyl/N-ethyl adjacent to an activating group) is 1. The minimum absolute atomic E-state index is 0.0109. The topological polar surface area (TPSA) is 117 Å². The molecule has 1 heterocycles. The van der Waals surface area contributed by atoms with Crippen LogP contribution < -0.4 is 19.5 Å². The third kappa shape index (κ3) is 5.58. The van der Waals surface area contributed by atoms with Crippen molar-refractivity contribution in [3.63, 3.8) is 0 Å². The highest BCUT2D eigenvalue weighted by Crippen LogP contribution is 2.31. The summed E-state index contributed by atoms with van der Waals surface area (Å²) < 4.78 is 39.5. The molecule has 10 heteroatoms. The Morgan fingerprint density at radius 2 is 1.94 bits per heavy atom. The fraction of sp³-hybridized carbons (Fsp3) is 0.435. The maximum Gasteiger partial charge on any atom is 0.261 e. The molecule has 0 aliphatic carbocycles. The molecule has 3 atom stereocenters. The molecule has 3 rings (SSSR count). The highest BCUT2D eigenvalue weighted by Gasteiger charge is 2.33. The van der Waals surface area contributed by atoms with E-state index in [1.54, 1.807) is 36.1 Å². The Kier molecular flexibility index (Phi) is 7.83. The van der Waals surface area contributed by atoms with Gasteiger partial charge < -0.3 is 24.8 Å². The minimum Gasteiger partial charge on any atom is -0.497 e. The zero-order valence-corrected chi connectivity index (χ0v) is 20.1. The van der Waals surface area contributed by atoms with E-state index in [9.17, 15) is 18.3 Å². The van der Waals surface area contributed by atoms with Gasteiger partial charge in [-0.3, -0.25) is 9.52 Å². The SMILES string of the molecule is CNC[C@@H]1Oc2ccc(NS(=O)(=O)c3ccc(OC)cc3)cc2C(=O)N([C@H](C)CO)C[C@H]1C. The number of carbonyl (C=O) groups is 1. The van der Waals surface area contributed by atoms with Gasteiger partial charge in [0.15, 0.2) is 0 Å². The van der Waals surface area contributed by atoms with E-state index < -0.39 is 16.1 Å². The van der Waals surface area contributed by atoms with Crippen LogP contribution >= 0.6 is 0 Å². The number of rotatable bonds is 8. The van der Waals surface area contributed by atoms with E-state index >= 15 is 0 Å². The Morgan fingerprint density at radius 3 is 2.55 bits per heavy atom. The Balaban J connectivity index is 1.97. The Bertz CT molecular complexity index is 1070. The van der Waals surface area contributed by atoms with Crippen LogP contribution in [0.25, 0.3) is 0 Å². The Hall–Kier alpha value is -2.82. The Morgan fingerprint density at radius 1 is 1.24 bits per heavy atom. The van der Waals surface area contributed by atoms with Gasteiger partial charge in [-0.15, -0.1) is 0 Å². The minimum atomic E-state index is -3.88. The van der Waals surface area contributed by atoms with Gasteiger partial charge in [-0.1, -0.05) is 6.92 Å². The number of amides is 1. The summed E-state index contributed by atoms with van der Waals surface area (Å²) in [5.74, 6) is 0.596. The molecule has 2 aromatic carbocycles. The van der Waals surface area contributed by atoms with E-state index in [2.05, 4.69) is 10.0 Å². The highest BCUT2D eigenvalue weighted by molar-refractivity contribution is 7.92. The van der Waals surface area contributed by atoms with Crippen molar-refractivity contribution in [1.29, 1.82) is 0 Å². The molecule has 0 aromatic heterocycles. The van der Waals surface area contributed by atoms with Crippen LogP contribution in [0.4, 0.5) is 5.69 Å². The number of ether oxygens (including phenoxy) is 2. The quantitative estimate of drug-likeness (QED) is 0.532. The number of nitrogens with one attached hydrogen (secondary N) is 2. The number of hydrogen-bond donors (Lipinski definition) is 3. The molecule has 0 fully saturated rings. The average Bonchev–Trinajstić information content (AvgIpc) is 2.81. The van der Waals surface area contributed by atoms with Crippen molar-refractivity contribution in [1.82, 2.24) is 10.2 Å². The number of hydrogen-bond acceptors (Lipinski definition) is 7. The second kappa shape index (κ2) is 10.4. The van der Waals surface area contributed by atoms with Gasteiger partial charge >= 0.3 is 0 Å². The van der Waals surface area contributed by atoms with E-state index in [-0.39, 0.29) is 40.7 Å². The van der Waals surface area contributed by atoms with Crippen molar-refractivity contribution in [2.45, 2.75) is 30.9 Å². The predicted octanol–water partition coefficient (Wildman–Crippen LogP) is 1.94. The lowest BCUT2D eigenvalue weighted by Crippen LogP contribution is -2.49. The van der Waals surface area contributed by atoms with Crippen molar-refractivity contribution in [2.24, 2.45) is 5.92 Å². The van der Waals surface area contributed by atoms with Crippen LogP contribution in [0.2, 0.25) is 0 Å². The predicted molar refractivity (Wildman–Crippen MR) is 125 cm³/mol. The molecule has 0 bridgehead atoms. The monoisotopic (exact) mass is 477 g/mol. The van der Waals surface area contributed by atoms with Gasteiger partial charge in [0, 0.05) is 24.7 Å². The van der Waals surface area contributed by atoms with Crippen molar-refractivity contribution < 1.29 is 27.8 Å². The number of anilines is 1. The molecule has 9 nitrogen and oxygen atoms in total. The van der Waals surface area contributed by atoms with Gasteiger partial charge in [0.2, 0.25) is 0 Å². The van der Waals surface area contributed by atoms with Crippen molar-refractivity contribution >= 4 is 21.6 Å². The number of nitrogens with zero attached hydrogens (tertiary/aromatic N) is 1. The summed E-state index contributed by atoms with van der Waals surface area (Å²) in [6, 6.07) is 10.2. The largest absolute Gasteiger partial charge is 0.497 e. The van der Waals surface area contributed by atoms with Crippen molar-refractivity contribution in [3.8, 4) is 11.5 Å². The van der Waals surface area contributed by atoms with Gasteiger partial charge in [-0.2, -0.15) is 0 Å². The second-order valence-corrected chi connectivity index (χ2v) is 9.85. The average molecular weight is 478 g/mol. The highest BCUT2D eigenvalue weighted by atomic mass is 32.2. The van der Waals surface area contributed by atoms with Crippen LogP contribution in [0, 0.1) is 5.92 Å². The Labute approximate surface area is 194 Å². The number of benzene rings is 2. The molecule has 1 aliphatic rings. The molecule has 0 radical (unpaired) electrons. The van der Waals surface area contributed by atoms with E-state index in [0.29, 0.717) is 24.6 Å². The lowest BCUT2D eigenvalue weighted by atomic mass is 9.99. The van der Waals surface area contributed by atoms with Crippen molar-refractivity contribution in [3.05, 3.63) is 48.0 Å². The molecule has 1 aliphatic heterocycles. The van der Waals surface area contributed by atoms with Crippen LogP contribution in [0.3, 0.4) is 0 Å². The maximum absolute atomic E-state index is 13.4. The van der Waals surface area contributed by atoms with Crippen LogP contribution in [-0.2, 0) is 10.0 Å². The number of methoxy groups -OCH3 is 1. The fourth-order valence-electron chi connectivity index (χ4n) is 3.70. The van der Waals surface area contributed by atoms with Gasteiger partial charge in [0.05, 0.1) is 30.2 Å². The van der Waals surface area contributed by atoms with E-state index in [0.717, 1.165) is 0 Å². The molecular weight excluding hydrogens is 446 g/mol. The summed E-state index contributed by atoms with van der Waals surface area (Å²) in [5.41, 5.74) is 0.468. The second-order valence-electron chi connectivity index (χ2n) is 8.17. The standard InChI is InChI=1S/C23H31N3O6S/c1-15-13-26(16(2)14-27)23(28)20-11-17(5-10-21(20)32-22(15)12-24-3)25-33(29,30)19-8-6-18(31-4)7-9-19/h5-11,15-16,22,24-25,27H,12-14H2,1-4H3/t15-,16-,22+/m1/s1. The first-order chi connectivity index (χ1) is 15.7. The summed E-state index contributed by atoms with van der Waals surface area (Å²) in [6.45, 7) is 4.55. The first-order valence-corrected chi connectivity index (χ1v) is 12.2. The number of fused-ring (bicyclic) bond motifs is 1. The van der Waals surface area contributed by atoms with E-state index in [1.165, 1.54) is 25.3 Å². The van der Waals surface area contributed by atoms with Crippen molar-refractivity contribution in [2.75, 3.05) is 38.6 Å². The van der Waals surface area contributed by atoms with Gasteiger partial charge in [0.25, 0.3) is 15.9 Å². The van der Waals surface area contributed by atoms with Crippen LogP contribution in [0.5, 0.6) is 11.5 Å². The summed E-state index contributed by atoms with van der Waals surface area (Å²) >= 11 is 0. The third-order valence-electron chi connectivity index (χ3n) is 5.69. The molecule has 0 spiro atoms. The van der Waals surface area contributed by atoms with Crippen LogP contribution in [-0.4, -0.2) is 70.3 Å². The zero-order valence-electron chi connectivity index (χ0n) is 19.2. The van der Waals surface area contributed by atoms with Crippen LogP contribution in [0.15, 0.2) is 47.4 Å². The molecule has 180 valence electrons. The fourth-order valence-corrected chi connectivity index (χ4v) is 4.75. The summed E-state index contributed by atoms with van der Waals surface area (Å²) in [4.78, 5) is 15.1. The first kappa shape index (κ1) is 24.8. The molecular formula is C23H31N3O6S. The molecule has 1 amide bonds. The lowest BCUT2D eigenvalue weighted by molar-refractivity contribution is 0.0416. The smallest absolute Gasteiger partial charge is 0.261 e. The van der Waals surface area contributed by atoms with E-state index in [1.807, 2.05) is 14.0 Å². The molecule has 0 saturated heterocycles. The van der Waals surface area contributed by atoms with E-state index in [4.69, 9.17) is 9.47 Å². The van der Waals surface area contributed by atoms with Gasteiger partial charge in [-0.25, -0.2) is 8.42 Å². The normalized spacial score (nSPS) is 19.7. The maximum atomic E-state index is 13.4. The van der Waals surface area contributed by atoms with Crippen LogP contribution in [0.1, 0.15) is 24.2 Å². The summed E-state index contributed by atoms with van der Waals surface area (Å²) in [6.07, 6.45) is -0.211. The number of aliphatic hydroxyl groups excluding tert-OH is 1. The molecule has 0 unspecified atom stereocenters. The molecule has 3 N–H and O–H groups in total.